The van der Waals surface area contributed by atoms with Crippen molar-refractivity contribution in [3.8, 4) is 0 Å². The minimum atomic E-state index is -0.719. The van der Waals surface area contributed by atoms with Crippen molar-refractivity contribution in [1.29, 1.82) is 0 Å². The zero-order valence-corrected chi connectivity index (χ0v) is 11.6. The van der Waals surface area contributed by atoms with Crippen molar-refractivity contribution in [2.75, 3.05) is 19.6 Å². The Labute approximate surface area is 110 Å². The lowest BCUT2D eigenvalue weighted by molar-refractivity contribution is -0.139. The van der Waals surface area contributed by atoms with Crippen LogP contribution in [0.1, 0.15) is 39.5 Å². The van der Waals surface area contributed by atoms with Crippen molar-refractivity contribution in [2.24, 2.45) is 11.8 Å². The van der Waals surface area contributed by atoms with E-state index in [2.05, 4.69) is 10.2 Å². The Hall–Kier alpha value is -0.610. The Balaban J connectivity index is 1.74. The minimum Gasteiger partial charge on any atom is -0.480 e. The zero-order chi connectivity index (χ0) is 13.1. The quantitative estimate of drug-likeness (QED) is 0.755. The van der Waals surface area contributed by atoms with Crippen molar-refractivity contribution in [3.05, 3.63) is 0 Å². The molecule has 0 bridgehead atoms. The Bertz CT molecular complexity index is 282. The number of hydrogen-bond donors (Lipinski definition) is 2. The van der Waals surface area contributed by atoms with E-state index >= 15 is 0 Å². The molecule has 0 aromatic heterocycles. The molecule has 1 saturated carbocycles. The Morgan fingerprint density at radius 2 is 1.94 bits per heavy atom. The van der Waals surface area contributed by atoms with Gasteiger partial charge in [-0.15, -0.1) is 0 Å². The van der Waals surface area contributed by atoms with E-state index in [9.17, 15) is 9.90 Å². The molecule has 3 atom stereocenters. The molecule has 0 aromatic rings. The second-order valence-corrected chi connectivity index (χ2v) is 6.21. The lowest BCUT2D eigenvalue weighted by Gasteiger charge is -2.21. The van der Waals surface area contributed by atoms with Crippen LogP contribution in [-0.2, 0) is 4.79 Å². The molecule has 104 valence electrons. The predicted molar refractivity (Wildman–Crippen MR) is 71.6 cm³/mol. The number of aliphatic carboxylic acids is 1. The minimum absolute atomic E-state index is 0.226. The number of carboxylic acid groups (broad SMARTS) is 1. The van der Waals surface area contributed by atoms with Crippen molar-refractivity contribution < 1.29 is 9.90 Å². The molecule has 1 aliphatic heterocycles. The lowest BCUT2D eigenvalue weighted by Crippen LogP contribution is -2.43. The van der Waals surface area contributed by atoms with E-state index in [0.717, 1.165) is 18.4 Å². The fraction of sp³-hybridized carbons (Fsp3) is 0.929. The van der Waals surface area contributed by atoms with Gasteiger partial charge in [0.25, 0.3) is 0 Å². The third kappa shape index (κ3) is 3.45. The lowest BCUT2D eigenvalue weighted by atomic mass is 10.0. The first kappa shape index (κ1) is 13.8. The Kier molecular flexibility index (Phi) is 4.62. The van der Waals surface area contributed by atoms with Crippen LogP contribution in [0.2, 0.25) is 0 Å². The second-order valence-electron chi connectivity index (χ2n) is 6.21. The summed E-state index contributed by atoms with van der Waals surface area (Å²) < 4.78 is 0. The molecule has 1 heterocycles. The molecule has 1 aliphatic carbocycles. The highest BCUT2D eigenvalue weighted by Gasteiger charge is 2.36. The monoisotopic (exact) mass is 254 g/mol. The maximum Gasteiger partial charge on any atom is 0.320 e. The van der Waals surface area contributed by atoms with E-state index < -0.39 is 12.0 Å². The van der Waals surface area contributed by atoms with E-state index in [0.29, 0.717) is 6.42 Å². The molecule has 18 heavy (non-hydrogen) atoms. The molecule has 0 radical (unpaired) electrons. The van der Waals surface area contributed by atoms with Gasteiger partial charge in [0.1, 0.15) is 6.04 Å². The molecule has 2 rings (SSSR count). The van der Waals surface area contributed by atoms with Gasteiger partial charge in [0.15, 0.2) is 0 Å². The summed E-state index contributed by atoms with van der Waals surface area (Å²) in [5.74, 6) is 1.07. The molecular formula is C14H26N2O2. The number of likely N-dealkylation sites (tertiary alicyclic amines) is 1. The van der Waals surface area contributed by atoms with Gasteiger partial charge >= 0.3 is 5.97 Å². The Morgan fingerprint density at radius 3 is 2.44 bits per heavy atom. The summed E-state index contributed by atoms with van der Waals surface area (Å²) in [7, 11) is 0. The van der Waals surface area contributed by atoms with Gasteiger partial charge in [-0.25, -0.2) is 0 Å². The molecular weight excluding hydrogens is 228 g/mol. The molecule has 2 N–H and O–H groups in total. The summed E-state index contributed by atoms with van der Waals surface area (Å²) in [5, 5.41) is 12.3. The van der Waals surface area contributed by atoms with Crippen LogP contribution >= 0.6 is 0 Å². The van der Waals surface area contributed by atoms with E-state index in [1.165, 1.54) is 32.4 Å². The van der Waals surface area contributed by atoms with Crippen LogP contribution in [0.25, 0.3) is 0 Å². The maximum absolute atomic E-state index is 11.2. The fourth-order valence-electron chi connectivity index (χ4n) is 3.51. The third-order valence-electron chi connectivity index (χ3n) is 4.37. The molecule has 1 saturated heterocycles. The van der Waals surface area contributed by atoms with Crippen LogP contribution in [0.15, 0.2) is 0 Å². The number of carboxylic acids is 1. The first-order valence-electron chi connectivity index (χ1n) is 7.27. The second kappa shape index (κ2) is 6.02. The summed E-state index contributed by atoms with van der Waals surface area (Å²) in [4.78, 5) is 13.6. The molecule has 0 spiro atoms. The van der Waals surface area contributed by atoms with Crippen molar-refractivity contribution in [3.63, 3.8) is 0 Å². The summed E-state index contributed by atoms with van der Waals surface area (Å²) in [5.41, 5.74) is 0. The van der Waals surface area contributed by atoms with Gasteiger partial charge in [0.2, 0.25) is 0 Å². The number of carbonyl (C=O) groups is 1. The van der Waals surface area contributed by atoms with E-state index in [-0.39, 0.29) is 6.04 Å². The first-order chi connectivity index (χ1) is 8.56. The predicted octanol–water partition coefficient (Wildman–Crippen LogP) is 1.56. The summed E-state index contributed by atoms with van der Waals surface area (Å²) in [6.45, 7) is 7.30. The topological polar surface area (TPSA) is 52.6 Å². The van der Waals surface area contributed by atoms with Crippen LogP contribution < -0.4 is 5.32 Å². The number of nitrogens with one attached hydrogen (secondary N) is 1. The largest absolute Gasteiger partial charge is 0.480 e. The zero-order valence-electron chi connectivity index (χ0n) is 11.6. The van der Waals surface area contributed by atoms with Gasteiger partial charge in [-0.05, 0) is 31.1 Å². The standard InChI is InChI=1S/C14H26N2O2/c1-10(2)15-13(14(17)18)6-7-16-8-11-4-3-5-12(11)9-16/h10-13,15H,3-9H2,1-2H3,(H,17,18). The van der Waals surface area contributed by atoms with Gasteiger partial charge < -0.3 is 15.3 Å². The van der Waals surface area contributed by atoms with E-state index in [1.807, 2.05) is 13.8 Å². The molecule has 4 heteroatoms. The summed E-state index contributed by atoms with van der Waals surface area (Å²) in [6.07, 6.45) is 4.88. The van der Waals surface area contributed by atoms with Crippen molar-refractivity contribution in [1.82, 2.24) is 10.2 Å². The van der Waals surface area contributed by atoms with Gasteiger partial charge in [0, 0.05) is 25.7 Å². The number of rotatable bonds is 6. The molecule has 2 fully saturated rings. The number of hydrogen-bond acceptors (Lipinski definition) is 3. The van der Waals surface area contributed by atoms with Crippen molar-refractivity contribution in [2.45, 2.75) is 51.6 Å². The average molecular weight is 254 g/mol. The van der Waals surface area contributed by atoms with E-state index in [1.54, 1.807) is 0 Å². The molecule has 3 unspecified atom stereocenters. The van der Waals surface area contributed by atoms with Gasteiger partial charge in [0.05, 0.1) is 0 Å². The van der Waals surface area contributed by atoms with Crippen LogP contribution in [0.3, 0.4) is 0 Å². The number of nitrogens with zero attached hydrogens (tertiary/aromatic N) is 1. The average Bonchev–Trinajstić information content (AvgIpc) is 2.83. The van der Waals surface area contributed by atoms with Crippen molar-refractivity contribution >= 4 is 5.97 Å². The third-order valence-corrected chi connectivity index (χ3v) is 4.37. The Morgan fingerprint density at radius 1 is 1.33 bits per heavy atom. The van der Waals surface area contributed by atoms with Gasteiger partial charge in [-0.2, -0.15) is 0 Å². The van der Waals surface area contributed by atoms with Crippen LogP contribution in [0.5, 0.6) is 0 Å². The molecule has 0 aromatic carbocycles. The first-order valence-corrected chi connectivity index (χ1v) is 7.27. The SMILES string of the molecule is CC(C)NC(CCN1CC2CCCC2C1)C(=O)O. The van der Waals surface area contributed by atoms with Crippen LogP contribution in [0.4, 0.5) is 0 Å². The van der Waals surface area contributed by atoms with Crippen LogP contribution in [0, 0.1) is 11.8 Å². The molecule has 4 nitrogen and oxygen atoms in total. The highest BCUT2D eigenvalue weighted by Crippen LogP contribution is 2.37. The molecule has 2 aliphatic rings. The van der Waals surface area contributed by atoms with Gasteiger partial charge in [-0.3, -0.25) is 4.79 Å². The highest BCUT2D eigenvalue weighted by atomic mass is 16.4. The smallest absolute Gasteiger partial charge is 0.320 e. The maximum atomic E-state index is 11.2. The fourth-order valence-corrected chi connectivity index (χ4v) is 3.51. The number of fused-ring (bicyclic) bond motifs is 1. The summed E-state index contributed by atoms with van der Waals surface area (Å²) in [6, 6.07) is -0.172. The van der Waals surface area contributed by atoms with Gasteiger partial charge in [-0.1, -0.05) is 20.3 Å². The van der Waals surface area contributed by atoms with E-state index in [4.69, 9.17) is 0 Å². The molecule has 0 amide bonds. The highest BCUT2D eigenvalue weighted by molar-refractivity contribution is 5.73. The van der Waals surface area contributed by atoms with Crippen LogP contribution in [-0.4, -0.2) is 47.7 Å². The normalized spacial score (nSPS) is 29.7. The summed E-state index contributed by atoms with van der Waals surface area (Å²) >= 11 is 0.